The van der Waals surface area contributed by atoms with Gasteiger partial charge >= 0.3 is 0 Å². The Hall–Kier alpha value is -1.68. The molecular weight excluding hydrogens is 236 g/mol. The number of aromatic nitrogens is 3. The van der Waals surface area contributed by atoms with Crippen molar-refractivity contribution in [1.29, 1.82) is 0 Å². The Morgan fingerprint density at radius 2 is 2.21 bits per heavy atom. The van der Waals surface area contributed by atoms with Crippen LogP contribution in [0.25, 0.3) is 5.82 Å². The molecule has 0 unspecified atom stereocenters. The maximum absolute atomic E-state index is 4.65. The van der Waals surface area contributed by atoms with Crippen LogP contribution in [-0.2, 0) is 6.54 Å². The van der Waals surface area contributed by atoms with Gasteiger partial charge in [0.15, 0.2) is 5.82 Å². The van der Waals surface area contributed by atoms with Crippen molar-refractivity contribution >= 4 is 0 Å². The molecule has 0 saturated heterocycles. The average molecular weight is 256 g/mol. The molecule has 100 valence electrons. The minimum absolute atomic E-state index is 0.690. The van der Waals surface area contributed by atoms with Crippen LogP contribution < -0.4 is 5.32 Å². The molecule has 2 heterocycles. The topological polar surface area (TPSA) is 42.7 Å². The molecule has 0 amide bonds. The summed E-state index contributed by atoms with van der Waals surface area (Å²) in [5.41, 5.74) is 2.27. The molecule has 3 rings (SSSR count). The Morgan fingerprint density at radius 1 is 1.32 bits per heavy atom. The molecule has 1 fully saturated rings. The van der Waals surface area contributed by atoms with Crippen molar-refractivity contribution in [1.82, 2.24) is 20.1 Å². The highest BCUT2D eigenvalue weighted by Gasteiger charge is 2.25. The van der Waals surface area contributed by atoms with Crippen molar-refractivity contribution in [3.05, 3.63) is 41.9 Å². The van der Waals surface area contributed by atoms with Gasteiger partial charge in [-0.3, -0.25) is 0 Å². The van der Waals surface area contributed by atoms with Crippen LogP contribution in [-0.4, -0.2) is 21.3 Å². The Kier molecular flexibility index (Phi) is 3.60. The second-order valence-corrected chi connectivity index (χ2v) is 5.12. The zero-order valence-corrected chi connectivity index (χ0v) is 11.3. The first-order valence-corrected chi connectivity index (χ1v) is 7.09. The van der Waals surface area contributed by atoms with Gasteiger partial charge < -0.3 is 5.32 Å². The Balaban J connectivity index is 1.73. The standard InChI is InChI=1S/C15H20N4/c1-2-9-16-11-13-4-3-5-15(17-13)19-10-8-14(18-19)12-6-7-12/h3-5,8,10,12,16H,2,6-7,9,11H2,1H3. The summed E-state index contributed by atoms with van der Waals surface area (Å²) in [6, 6.07) is 8.22. The van der Waals surface area contributed by atoms with Gasteiger partial charge in [-0.1, -0.05) is 13.0 Å². The van der Waals surface area contributed by atoms with Crippen molar-refractivity contribution in [3.8, 4) is 5.82 Å². The quantitative estimate of drug-likeness (QED) is 0.808. The van der Waals surface area contributed by atoms with Crippen molar-refractivity contribution < 1.29 is 0 Å². The van der Waals surface area contributed by atoms with Gasteiger partial charge in [-0.05, 0) is 44.0 Å². The fourth-order valence-electron chi connectivity index (χ4n) is 2.15. The first-order chi connectivity index (χ1) is 9.36. The summed E-state index contributed by atoms with van der Waals surface area (Å²) < 4.78 is 1.89. The monoisotopic (exact) mass is 256 g/mol. The van der Waals surface area contributed by atoms with Crippen LogP contribution in [0.15, 0.2) is 30.5 Å². The van der Waals surface area contributed by atoms with E-state index >= 15 is 0 Å². The first kappa shape index (κ1) is 12.4. The van der Waals surface area contributed by atoms with E-state index in [0.717, 1.165) is 31.0 Å². The predicted molar refractivity (Wildman–Crippen MR) is 75.3 cm³/mol. The lowest BCUT2D eigenvalue weighted by molar-refractivity contribution is 0.661. The van der Waals surface area contributed by atoms with E-state index in [1.807, 2.05) is 23.0 Å². The molecule has 0 aromatic carbocycles. The summed E-state index contributed by atoms with van der Waals surface area (Å²) in [5, 5.41) is 7.99. The van der Waals surface area contributed by atoms with Crippen molar-refractivity contribution in [3.63, 3.8) is 0 Å². The van der Waals surface area contributed by atoms with Gasteiger partial charge in [0.05, 0.1) is 11.4 Å². The summed E-state index contributed by atoms with van der Waals surface area (Å²) >= 11 is 0. The molecule has 0 aliphatic heterocycles. The van der Waals surface area contributed by atoms with Crippen LogP contribution in [0.4, 0.5) is 0 Å². The Labute approximate surface area is 113 Å². The fourth-order valence-corrected chi connectivity index (χ4v) is 2.15. The van der Waals surface area contributed by atoms with Gasteiger partial charge in [-0.15, -0.1) is 0 Å². The lowest BCUT2D eigenvalue weighted by Crippen LogP contribution is -2.15. The summed E-state index contributed by atoms with van der Waals surface area (Å²) in [7, 11) is 0. The number of nitrogens with zero attached hydrogens (tertiary/aromatic N) is 3. The smallest absolute Gasteiger partial charge is 0.153 e. The van der Waals surface area contributed by atoms with Crippen LogP contribution in [0.1, 0.15) is 43.5 Å². The highest BCUT2D eigenvalue weighted by Crippen LogP contribution is 2.38. The highest BCUT2D eigenvalue weighted by molar-refractivity contribution is 5.25. The van der Waals surface area contributed by atoms with E-state index in [1.54, 1.807) is 0 Å². The number of rotatable bonds is 6. The second kappa shape index (κ2) is 5.53. The molecule has 1 saturated carbocycles. The van der Waals surface area contributed by atoms with Crippen LogP contribution in [0.2, 0.25) is 0 Å². The molecule has 19 heavy (non-hydrogen) atoms. The minimum atomic E-state index is 0.690. The maximum Gasteiger partial charge on any atom is 0.153 e. The van der Waals surface area contributed by atoms with E-state index in [4.69, 9.17) is 0 Å². The Morgan fingerprint density at radius 3 is 3.00 bits per heavy atom. The van der Waals surface area contributed by atoms with E-state index in [0.29, 0.717) is 5.92 Å². The summed E-state index contributed by atoms with van der Waals surface area (Å²) in [6.07, 6.45) is 5.72. The van der Waals surface area contributed by atoms with Gasteiger partial charge in [-0.25, -0.2) is 9.67 Å². The first-order valence-electron chi connectivity index (χ1n) is 7.09. The van der Waals surface area contributed by atoms with E-state index in [1.165, 1.54) is 18.5 Å². The summed E-state index contributed by atoms with van der Waals surface area (Å²) in [6.45, 7) is 4.01. The third kappa shape index (κ3) is 3.01. The van der Waals surface area contributed by atoms with E-state index in [2.05, 4.69) is 34.5 Å². The van der Waals surface area contributed by atoms with Crippen molar-refractivity contribution in [2.24, 2.45) is 0 Å². The van der Waals surface area contributed by atoms with E-state index < -0.39 is 0 Å². The van der Waals surface area contributed by atoms with Gasteiger partial charge in [0.1, 0.15) is 0 Å². The molecular formula is C15H20N4. The molecule has 1 N–H and O–H groups in total. The fraction of sp³-hybridized carbons (Fsp3) is 0.467. The van der Waals surface area contributed by atoms with Crippen LogP contribution in [0.3, 0.4) is 0 Å². The molecule has 4 nitrogen and oxygen atoms in total. The molecule has 0 spiro atoms. The van der Waals surface area contributed by atoms with Crippen molar-refractivity contribution in [2.45, 2.75) is 38.6 Å². The molecule has 0 bridgehead atoms. The van der Waals surface area contributed by atoms with Gasteiger partial charge in [-0.2, -0.15) is 5.10 Å². The lowest BCUT2D eigenvalue weighted by atomic mass is 10.3. The number of pyridine rings is 1. The maximum atomic E-state index is 4.65. The molecule has 4 heteroatoms. The molecule has 2 aromatic heterocycles. The third-order valence-corrected chi connectivity index (χ3v) is 3.37. The van der Waals surface area contributed by atoms with Gasteiger partial charge in [0.2, 0.25) is 0 Å². The summed E-state index contributed by atoms with van der Waals surface area (Å²) in [5.74, 6) is 1.60. The van der Waals surface area contributed by atoms with Gasteiger partial charge in [0.25, 0.3) is 0 Å². The third-order valence-electron chi connectivity index (χ3n) is 3.37. The van der Waals surface area contributed by atoms with Gasteiger partial charge in [0, 0.05) is 18.7 Å². The average Bonchev–Trinajstić information content (AvgIpc) is 3.17. The zero-order valence-electron chi connectivity index (χ0n) is 11.3. The van der Waals surface area contributed by atoms with Crippen LogP contribution >= 0.6 is 0 Å². The number of hydrogen-bond donors (Lipinski definition) is 1. The lowest BCUT2D eigenvalue weighted by Gasteiger charge is -2.05. The molecule has 1 aliphatic rings. The van der Waals surface area contributed by atoms with Crippen LogP contribution in [0, 0.1) is 0 Å². The molecule has 0 atom stereocenters. The number of hydrogen-bond acceptors (Lipinski definition) is 3. The van der Waals surface area contributed by atoms with Crippen molar-refractivity contribution in [2.75, 3.05) is 6.54 Å². The predicted octanol–water partition coefficient (Wildman–Crippen LogP) is 2.64. The zero-order chi connectivity index (χ0) is 13.1. The molecule has 2 aromatic rings. The normalized spacial score (nSPS) is 14.8. The molecule has 1 aliphatic carbocycles. The minimum Gasteiger partial charge on any atom is -0.311 e. The Bertz CT molecular complexity index is 543. The summed E-state index contributed by atoms with van der Waals surface area (Å²) in [4.78, 5) is 4.65. The largest absolute Gasteiger partial charge is 0.311 e. The second-order valence-electron chi connectivity index (χ2n) is 5.12. The van der Waals surface area contributed by atoms with E-state index in [9.17, 15) is 0 Å². The number of nitrogens with one attached hydrogen (secondary N) is 1. The van der Waals surface area contributed by atoms with E-state index in [-0.39, 0.29) is 0 Å². The highest BCUT2D eigenvalue weighted by atomic mass is 15.3. The molecule has 0 radical (unpaired) electrons. The van der Waals surface area contributed by atoms with Crippen LogP contribution in [0.5, 0.6) is 0 Å². The SMILES string of the molecule is CCCNCc1cccc(-n2ccc(C3CC3)n2)n1.